The van der Waals surface area contributed by atoms with E-state index in [0.29, 0.717) is 16.5 Å². The fourth-order valence-electron chi connectivity index (χ4n) is 2.04. The van der Waals surface area contributed by atoms with Gasteiger partial charge in [0.25, 0.3) is 5.91 Å². The molecule has 1 atom stereocenters. The third kappa shape index (κ3) is 5.80. The maximum absolute atomic E-state index is 11.9. The zero-order valence-corrected chi connectivity index (χ0v) is 15.1. The molecule has 0 aliphatic heterocycles. The van der Waals surface area contributed by atoms with Gasteiger partial charge in [-0.05, 0) is 68.3 Å². The smallest absolute Gasteiger partial charge is 0.347 e. The SMILES string of the molecule is Cc1ccc(NC(=O)COC(=O)[C@@H](C)Oc2ccc(Cl)cc2)cc1C. The van der Waals surface area contributed by atoms with E-state index >= 15 is 0 Å². The Balaban J connectivity index is 1.80. The Labute approximate surface area is 151 Å². The molecule has 0 unspecified atom stereocenters. The summed E-state index contributed by atoms with van der Waals surface area (Å²) in [7, 11) is 0. The van der Waals surface area contributed by atoms with Crippen molar-refractivity contribution in [1.29, 1.82) is 0 Å². The quantitative estimate of drug-likeness (QED) is 0.792. The van der Waals surface area contributed by atoms with Gasteiger partial charge in [-0.3, -0.25) is 4.79 Å². The Morgan fingerprint density at radius 2 is 1.76 bits per heavy atom. The van der Waals surface area contributed by atoms with E-state index in [4.69, 9.17) is 21.1 Å². The fourth-order valence-corrected chi connectivity index (χ4v) is 2.16. The molecule has 1 N–H and O–H groups in total. The molecule has 0 saturated heterocycles. The van der Waals surface area contributed by atoms with Gasteiger partial charge >= 0.3 is 5.97 Å². The molecule has 0 heterocycles. The van der Waals surface area contributed by atoms with Crippen LogP contribution in [-0.2, 0) is 14.3 Å². The molecule has 2 aromatic carbocycles. The van der Waals surface area contributed by atoms with E-state index in [2.05, 4.69) is 5.32 Å². The summed E-state index contributed by atoms with van der Waals surface area (Å²) >= 11 is 5.79. The number of amides is 1. The van der Waals surface area contributed by atoms with E-state index in [1.54, 1.807) is 37.3 Å². The number of carbonyl (C=O) groups excluding carboxylic acids is 2. The highest BCUT2D eigenvalue weighted by Crippen LogP contribution is 2.17. The van der Waals surface area contributed by atoms with Crippen molar-refractivity contribution in [2.45, 2.75) is 26.9 Å². The van der Waals surface area contributed by atoms with Gasteiger partial charge in [-0.2, -0.15) is 0 Å². The number of benzene rings is 2. The van der Waals surface area contributed by atoms with Crippen LogP contribution in [0.2, 0.25) is 5.02 Å². The lowest BCUT2D eigenvalue weighted by molar-refractivity contribution is -0.153. The zero-order valence-electron chi connectivity index (χ0n) is 14.3. The highest BCUT2D eigenvalue weighted by Gasteiger charge is 2.18. The Morgan fingerprint density at radius 3 is 2.40 bits per heavy atom. The molecule has 0 fully saturated rings. The van der Waals surface area contributed by atoms with E-state index in [1.165, 1.54) is 0 Å². The molecule has 0 aromatic heterocycles. The highest BCUT2D eigenvalue weighted by atomic mass is 35.5. The van der Waals surface area contributed by atoms with Gasteiger partial charge in [0.1, 0.15) is 5.75 Å². The first-order valence-corrected chi connectivity index (χ1v) is 8.19. The van der Waals surface area contributed by atoms with Crippen molar-refractivity contribution < 1.29 is 19.1 Å². The molecule has 25 heavy (non-hydrogen) atoms. The average Bonchev–Trinajstić information content (AvgIpc) is 2.58. The number of rotatable bonds is 6. The molecular formula is C19H20ClNO4. The predicted molar refractivity (Wildman–Crippen MR) is 97.0 cm³/mol. The predicted octanol–water partition coefficient (Wildman–Crippen LogP) is 3.91. The molecule has 0 radical (unpaired) electrons. The third-order valence-corrected chi connectivity index (χ3v) is 3.85. The van der Waals surface area contributed by atoms with Crippen LogP contribution in [0.25, 0.3) is 0 Å². The number of halogens is 1. The van der Waals surface area contributed by atoms with Crippen molar-refractivity contribution in [3.05, 3.63) is 58.6 Å². The van der Waals surface area contributed by atoms with Crippen molar-refractivity contribution in [2.75, 3.05) is 11.9 Å². The number of hydrogen-bond donors (Lipinski definition) is 1. The summed E-state index contributed by atoms with van der Waals surface area (Å²) in [6.07, 6.45) is -0.837. The van der Waals surface area contributed by atoms with Crippen molar-refractivity contribution in [3.63, 3.8) is 0 Å². The van der Waals surface area contributed by atoms with E-state index in [-0.39, 0.29) is 6.61 Å². The van der Waals surface area contributed by atoms with Crippen LogP contribution in [0, 0.1) is 13.8 Å². The second-order valence-electron chi connectivity index (χ2n) is 5.67. The van der Waals surface area contributed by atoms with Crippen molar-refractivity contribution in [2.24, 2.45) is 0 Å². The molecule has 0 aliphatic carbocycles. The molecule has 2 aromatic rings. The highest BCUT2D eigenvalue weighted by molar-refractivity contribution is 6.30. The van der Waals surface area contributed by atoms with Crippen LogP contribution in [0.1, 0.15) is 18.1 Å². The molecule has 0 saturated carbocycles. The van der Waals surface area contributed by atoms with Gasteiger partial charge in [-0.15, -0.1) is 0 Å². The van der Waals surface area contributed by atoms with Crippen LogP contribution in [0.4, 0.5) is 5.69 Å². The van der Waals surface area contributed by atoms with Gasteiger partial charge in [-0.1, -0.05) is 17.7 Å². The molecule has 0 bridgehead atoms. The molecular weight excluding hydrogens is 342 g/mol. The summed E-state index contributed by atoms with van der Waals surface area (Å²) in [6.45, 7) is 5.13. The third-order valence-electron chi connectivity index (χ3n) is 3.59. The number of nitrogens with one attached hydrogen (secondary N) is 1. The fraction of sp³-hybridized carbons (Fsp3) is 0.263. The van der Waals surface area contributed by atoms with Crippen molar-refractivity contribution in [3.8, 4) is 5.75 Å². The number of anilines is 1. The first-order valence-electron chi connectivity index (χ1n) is 7.81. The molecule has 132 valence electrons. The minimum Gasteiger partial charge on any atom is -0.479 e. The Bertz CT molecular complexity index is 759. The number of hydrogen-bond acceptors (Lipinski definition) is 4. The van der Waals surface area contributed by atoms with Gasteiger partial charge in [0.15, 0.2) is 12.7 Å². The summed E-state index contributed by atoms with van der Waals surface area (Å²) in [6, 6.07) is 12.2. The lowest BCUT2D eigenvalue weighted by atomic mass is 10.1. The lowest BCUT2D eigenvalue weighted by Gasteiger charge is -2.14. The Hall–Kier alpha value is -2.53. The van der Waals surface area contributed by atoms with Gasteiger partial charge in [0.05, 0.1) is 0 Å². The van der Waals surface area contributed by atoms with Gasteiger partial charge in [0, 0.05) is 10.7 Å². The van der Waals surface area contributed by atoms with Gasteiger partial charge in [0.2, 0.25) is 0 Å². The van der Waals surface area contributed by atoms with E-state index < -0.39 is 18.0 Å². The monoisotopic (exact) mass is 361 g/mol. The summed E-state index contributed by atoms with van der Waals surface area (Å²) in [5.74, 6) is -0.533. The summed E-state index contributed by atoms with van der Waals surface area (Å²) in [4.78, 5) is 23.8. The maximum atomic E-state index is 11.9. The van der Waals surface area contributed by atoms with Crippen molar-refractivity contribution in [1.82, 2.24) is 0 Å². The van der Waals surface area contributed by atoms with E-state index in [0.717, 1.165) is 11.1 Å². The molecule has 1 amide bonds. The molecule has 6 heteroatoms. The second kappa shape index (κ2) is 8.53. The van der Waals surface area contributed by atoms with E-state index in [1.807, 2.05) is 26.0 Å². The topological polar surface area (TPSA) is 64.6 Å². The number of carbonyl (C=O) groups is 2. The number of ether oxygens (including phenoxy) is 2. The molecule has 0 aliphatic rings. The first kappa shape index (κ1) is 18.8. The van der Waals surface area contributed by atoms with Gasteiger partial charge in [-0.25, -0.2) is 4.79 Å². The minimum absolute atomic E-state index is 0.375. The van der Waals surface area contributed by atoms with Crippen molar-refractivity contribution >= 4 is 29.2 Å². The normalized spacial score (nSPS) is 11.5. The average molecular weight is 362 g/mol. The van der Waals surface area contributed by atoms with Crippen LogP contribution < -0.4 is 10.1 Å². The van der Waals surface area contributed by atoms with Crippen LogP contribution in [-0.4, -0.2) is 24.6 Å². The van der Waals surface area contributed by atoms with Crippen LogP contribution in [0.5, 0.6) is 5.75 Å². The first-order chi connectivity index (χ1) is 11.8. The standard InChI is InChI=1S/C19H20ClNO4/c1-12-4-7-16(10-13(12)2)21-18(22)11-24-19(23)14(3)25-17-8-5-15(20)6-9-17/h4-10,14H,11H2,1-3H3,(H,21,22)/t14-/m1/s1. The van der Waals surface area contributed by atoms with Crippen LogP contribution in [0.15, 0.2) is 42.5 Å². The minimum atomic E-state index is -0.837. The maximum Gasteiger partial charge on any atom is 0.347 e. The summed E-state index contributed by atoms with van der Waals surface area (Å²) < 4.78 is 10.4. The summed E-state index contributed by atoms with van der Waals surface area (Å²) in [5.41, 5.74) is 2.87. The van der Waals surface area contributed by atoms with Crippen LogP contribution in [0.3, 0.4) is 0 Å². The Morgan fingerprint density at radius 1 is 1.08 bits per heavy atom. The zero-order chi connectivity index (χ0) is 18.4. The van der Waals surface area contributed by atoms with E-state index in [9.17, 15) is 9.59 Å². The largest absolute Gasteiger partial charge is 0.479 e. The van der Waals surface area contributed by atoms with Gasteiger partial charge < -0.3 is 14.8 Å². The lowest BCUT2D eigenvalue weighted by Crippen LogP contribution is -2.29. The summed E-state index contributed by atoms with van der Waals surface area (Å²) in [5, 5.41) is 3.26. The second-order valence-corrected chi connectivity index (χ2v) is 6.11. The number of esters is 1. The molecule has 2 rings (SSSR count). The van der Waals surface area contributed by atoms with Crippen LogP contribution >= 0.6 is 11.6 Å². The Kier molecular flexibility index (Phi) is 6.42. The molecule has 5 nitrogen and oxygen atoms in total. The molecule has 0 spiro atoms. The number of aryl methyl sites for hydroxylation is 2.